The molecule has 2 saturated heterocycles. The highest BCUT2D eigenvalue weighted by molar-refractivity contribution is 7.97. The number of carbonyl (C=O) groups is 1. The third kappa shape index (κ3) is 2.41. The van der Waals surface area contributed by atoms with Gasteiger partial charge in [0.15, 0.2) is 0 Å². The van der Waals surface area contributed by atoms with Crippen LogP contribution in [-0.2, 0) is 34.7 Å². The zero-order chi connectivity index (χ0) is 14.6. The van der Waals surface area contributed by atoms with E-state index in [2.05, 4.69) is 0 Å². The fourth-order valence-electron chi connectivity index (χ4n) is 4.43. The van der Waals surface area contributed by atoms with E-state index in [0.29, 0.717) is 12.2 Å². The van der Waals surface area contributed by atoms with Crippen molar-refractivity contribution in [3.8, 4) is 0 Å². The first kappa shape index (κ1) is 14.3. The van der Waals surface area contributed by atoms with Crippen molar-refractivity contribution in [1.82, 2.24) is 0 Å². The molecule has 2 saturated carbocycles. The van der Waals surface area contributed by atoms with Gasteiger partial charge in [-0.2, -0.15) is 8.42 Å². The molecule has 4 aliphatic rings. The standard InChI is InChI=1S/C14H21O5S2/c15-12(8-20-4-2-1-3-5-20)18-13-9-6-10-11(7-9)21(16,17)19-14(10)13/h9-11,13-14H,1-8H2/q+1. The number of hydrogen-bond acceptors (Lipinski definition) is 5. The molecule has 2 aliphatic heterocycles. The van der Waals surface area contributed by atoms with E-state index in [1.807, 2.05) is 0 Å². The largest absolute Gasteiger partial charge is 0.456 e. The van der Waals surface area contributed by atoms with Gasteiger partial charge in [0.2, 0.25) is 5.75 Å². The van der Waals surface area contributed by atoms with Gasteiger partial charge in [-0.3, -0.25) is 4.18 Å². The van der Waals surface area contributed by atoms with Gasteiger partial charge in [-0.15, -0.1) is 0 Å². The number of fused-ring (bicyclic) bond motifs is 1. The molecule has 0 N–H and O–H groups in total. The highest BCUT2D eigenvalue weighted by Crippen LogP contribution is 2.55. The fraction of sp³-hybridized carbons (Fsp3) is 0.929. The Morgan fingerprint density at radius 1 is 1.19 bits per heavy atom. The quantitative estimate of drug-likeness (QED) is 0.435. The monoisotopic (exact) mass is 333 g/mol. The zero-order valence-corrected chi connectivity index (χ0v) is 13.5. The minimum atomic E-state index is -3.42. The summed E-state index contributed by atoms with van der Waals surface area (Å²) in [5.41, 5.74) is 0. The fourth-order valence-corrected chi connectivity index (χ4v) is 8.43. The smallest absolute Gasteiger partial charge is 0.356 e. The van der Waals surface area contributed by atoms with Crippen molar-refractivity contribution in [2.75, 3.05) is 17.3 Å². The third-order valence-electron chi connectivity index (χ3n) is 5.37. The van der Waals surface area contributed by atoms with Gasteiger partial charge < -0.3 is 4.74 Å². The van der Waals surface area contributed by atoms with Gasteiger partial charge in [-0.1, -0.05) is 0 Å². The lowest BCUT2D eigenvalue weighted by molar-refractivity contribution is -0.152. The summed E-state index contributed by atoms with van der Waals surface area (Å²) in [5, 5.41) is -0.345. The molecule has 0 radical (unpaired) electrons. The first-order valence-corrected chi connectivity index (χ1v) is 11.0. The topological polar surface area (TPSA) is 69.7 Å². The Morgan fingerprint density at radius 2 is 1.95 bits per heavy atom. The van der Waals surface area contributed by atoms with E-state index in [-0.39, 0.29) is 40.1 Å². The molecule has 5 unspecified atom stereocenters. The minimum Gasteiger partial charge on any atom is -0.456 e. The SMILES string of the molecule is O=C(C[S+]1CCCCC1)OC1C2CC3C1OS(=O)(=O)C3C2. The first-order chi connectivity index (χ1) is 10.0. The molecule has 2 heterocycles. The van der Waals surface area contributed by atoms with Crippen molar-refractivity contribution in [2.45, 2.75) is 49.6 Å². The summed E-state index contributed by atoms with van der Waals surface area (Å²) in [7, 11) is -3.25. The molecule has 2 bridgehead atoms. The van der Waals surface area contributed by atoms with Gasteiger partial charge in [-0.25, -0.2) is 4.79 Å². The highest BCUT2D eigenvalue weighted by Gasteiger charge is 2.65. The second-order valence-corrected chi connectivity index (χ2v) is 10.8. The molecule has 5 atom stereocenters. The van der Waals surface area contributed by atoms with Crippen LogP contribution in [0.5, 0.6) is 0 Å². The Bertz CT molecular complexity index is 540. The lowest BCUT2D eigenvalue weighted by atomic mass is 9.94. The molecule has 118 valence electrons. The molecule has 2 aliphatic carbocycles. The van der Waals surface area contributed by atoms with Crippen LogP contribution in [0.2, 0.25) is 0 Å². The maximum atomic E-state index is 12.2. The van der Waals surface area contributed by atoms with E-state index in [1.165, 1.54) is 19.3 Å². The summed E-state index contributed by atoms with van der Waals surface area (Å²) in [4.78, 5) is 12.2. The summed E-state index contributed by atoms with van der Waals surface area (Å²) in [6, 6.07) is 0. The van der Waals surface area contributed by atoms with Gasteiger partial charge >= 0.3 is 5.97 Å². The third-order valence-corrected chi connectivity index (χ3v) is 9.52. The van der Waals surface area contributed by atoms with Gasteiger partial charge in [0, 0.05) is 11.8 Å². The summed E-state index contributed by atoms with van der Waals surface area (Å²) >= 11 is 0. The molecule has 0 aromatic heterocycles. The average molecular weight is 333 g/mol. The van der Waals surface area contributed by atoms with E-state index in [4.69, 9.17) is 8.92 Å². The lowest BCUT2D eigenvalue weighted by Crippen LogP contribution is -2.39. The van der Waals surface area contributed by atoms with Crippen molar-refractivity contribution in [3.63, 3.8) is 0 Å². The zero-order valence-electron chi connectivity index (χ0n) is 11.9. The van der Waals surface area contributed by atoms with Crippen LogP contribution in [0, 0.1) is 11.8 Å². The van der Waals surface area contributed by atoms with E-state index in [0.717, 1.165) is 17.9 Å². The maximum Gasteiger partial charge on any atom is 0.356 e. The summed E-state index contributed by atoms with van der Waals surface area (Å²) in [5.74, 6) is 2.87. The molecule has 0 spiro atoms. The minimum absolute atomic E-state index is 0.0509. The Balaban J connectivity index is 1.39. The van der Waals surface area contributed by atoms with E-state index in [1.54, 1.807) is 0 Å². The maximum absolute atomic E-state index is 12.2. The molecular formula is C14H21O5S2+. The molecule has 4 fully saturated rings. The Kier molecular flexibility index (Phi) is 3.50. The van der Waals surface area contributed by atoms with Crippen LogP contribution < -0.4 is 0 Å². The van der Waals surface area contributed by atoms with Crippen LogP contribution in [0.4, 0.5) is 0 Å². The second-order valence-electron chi connectivity index (χ2n) is 6.67. The number of esters is 1. The second kappa shape index (κ2) is 5.13. The van der Waals surface area contributed by atoms with Gasteiger partial charge in [0.25, 0.3) is 10.1 Å². The first-order valence-electron chi connectivity index (χ1n) is 7.80. The molecule has 0 aromatic carbocycles. The van der Waals surface area contributed by atoms with Crippen molar-refractivity contribution < 1.29 is 22.1 Å². The molecular weight excluding hydrogens is 312 g/mol. The number of ether oxygens (including phenoxy) is 1. The molecule has 7 heteroatoms. The van der Waals surface area contributed by atoms with Crippen molar-refractivity contribution in [2.24, 2.45) is 11.8 Å². The predicted molar refractivity (Wildman–Crippen MR) is 79.5 cm³/mol. The average Bonchev–Trinajstić information content (AvgIpc) is 3.04. The van der Waals surface area contributed by atoms with E-state index < -0.39 is 16.2 Å². The van der Waals surface area contributed by atoms with Crippen molar-refractivity contribution in [3.05, 3.63) is 0 Å². The summed E-state index contributed by atoms with van der Waals surface area (Å²) in [6.07, 6.45) is 4.42. The Hall–Kier alpha value is -0.270. The van der Waals surface area contributed by atoms with E-state index in [9.17, 15) is 13.2 Å². The molecule has 0 aromatic rings. The van der Waals surface area contributed by atoms with E-state index >= 15 is 0 Å². The summed E-state index contributed by atoms with van der Waals surface area (Å²) < 4.78 is 34.6. The van der Waals surface area contributed by atoms with Crippen LogP contribution >= 0.6 is 0 Å². The molecule has 0 amide bonds. The normalized spacial score (nSPS) is 44.1. The van der Waals surface area contributed by atoms with Crippen LogP contribution in [-0.4, -0.2) is 49.1 Å². The van der Waals surface area contributed by atoms with Crippen LogP contribution in [0.3, 0.4) is 0 Å². The predicted octanol–water partition coefficient (Wildman–Crippen LogP) is 0.837. The number of carbonyl (C=O) groups excluding carboxylic acids is 1. The number of hydrogen-bond donors (Lipinski definition) is 0. The molecule has 4 rings (SSSR count). The van der Waals surface area contributed by atoms with Crippen molar-refractivity contribution >= 4 is 27.0 Å². The highest BCUT2D eigenvalue weighted by atomic mass is 32.2. The van der Waals surface area contributed by atoms with Crippen molar-refractivity contribution in [1.29, 1.82) is 0 Å². The van der Waals surface area contributed by atoms with Crippen LogP contribution in [0.15, 0.2) is 0 Å². The lowest BCUT2D eigenvalue weighted by Gasteiger charge is -2.25. The Morgan fingerprint density at radius 3 is 2.71 bits per heavy atom. The van der Waals surface area contributed by atoms with Crippen LogP contribution in [0.1, 0.15) is 32.1 Å². The summed E-state index contributed by atoms with van der Waals surface area (Å²) in [6.45, 7) is 0. The molecule has 21 heavy (non-hydrogen) atoms. The Labute approximate surface area is 128 Å². The number of rotatable bonds is 3. The molecule has 5 nitrogen and oxygen atoms in total. The van der Waals surface area contributed by atoms with Gasteiger partial charge in [-0.05, 0) is 43.0 Å². The van der Waals surface area contributed by atoms with Gasteiger partial charge in [0.05, 0.1) is 5.25 Å². The van der Waals surface area contributed by atoms with Gasteiger partial charge in [0.1, 0.15) is 23.7 Å². The van der Waals surface area contributed by atoms with Crippen LogP contribution in [0.25, 0.3) is 0 Å².